The van der Waals surface area contributed by atoms with Crippen LogP contribution in [0.3, 0.4) is 0 Å². The van der Waals surface area contributed by atoms with E-state index in [1.165, 1.54) is 18.2 Å². The standard InChI is InChI=1S/C20H24N4O5/c21-18-5-4-16(13-19(18)24(26)27)20(25)22-14-15-2-1-3-17(12-15)29-11-8-23-6-9-28-10-7-23/h1-5,12-13H,6-11,14,21H2,(H,22,25). The second-order valence-corrected chi connectivity index (χ2v) is 6.66. The van der Waals surface area contributed by atoms with Gasteiger partial charge in [-0.1, -0.05) is 12.1 Å². The molecule has 0 radical (unpaired) electrons. The van der Waals surface area contributed by atoms with Gasteiger partial charge in [0.15, 0.2) is 0 Å². The van der Waals surface area contributed by atoms with Crippen LogP contribution < -0.4 is 15.8 Å². The quantitative estimate of drug-likeness (QED) is 0.394. The van der Waals surface area contributed by atoms with Crippen molar-refractivity contribution >= 4 is 17.3 Å². The fraction of sp³-hybridized carbons (Fsp3) is 0.350. The molecule has 9 heteroatoms. The van der Waals surface area contributed by atoms with E-state index in [1.807, 2.05) is 24.3 Å². The third kappa shape index (κ3) is 5.90. The Morgan fingerprint density at radius 2 is 2.03 bits per heavy atom. The number of hydrogen-bond donors (Lipinski definition) is 2. The van der Waals surface area contributed by atoms with Gasteiger partial charge in [-0.25, -0.2) is 0 Å². The summed E-state index contributed by atoms with van der Waals surface area (Å²) in [6.07, 6.45) is 0. The summed E-state index contributed by atoms with van der Waals surface area (Å²) < 4.78 is 11.1. The molecule has 0 aromatic heterocycles. The summed E-state index contributed by atoms with van der Waals surface area (Å²) >= 11 is 0. The highest BCUT2D eigenvalue weighted by Crippen LogP contribution is 2.22. The van der Waals surface area contributed by atoms with Crippen LogP contribution in [0, 0.1) is 10.1 Å². The molecule has 2 aromatic rings. The molecule has 3 rings (SSSR count). The average molecular weight is 400 g/mol. The molecular weight excluding hydrogens is 376 g/mol. The van der Waals surface area contributed by atoms with E-state index < -0.39 is 10.8 Å². The van der Waals surface area contributed by atoms with Crippen LogP contribution in [0.1, 0.15) is 15.9 Å². The van der Waals surface area contributed by atoms with Crippen LogP contribution >= 0.6 is 0 Å². The topological polar surface area (TPSA) is 120 Å². The minimum absolute atomic E-state index is 0.0217. The van der Waals surface area contributed by atoms with E-state index >= 15 is 0 Å². The number of nitrogens with one attached hydrogen (secondary N) is 1. The summed E-state index contributed by atoms with van der Waals surface area (Å²) in [4.78, 5) is 25.0. The molecular formula is C20H24N4O5. The van der Waals surface area contributed by atoms with Crippen molar-refractivity contribution in [3.8, 4) is 5.75 Å². The normalized spacial score (nSPS) is 14.3. The predicted octanol–water partition coefficient (Wildman–Crippen LogP) is 1.82. The zero-order valence-electron chi connectivity index (χ0n) is 16.0. The number of benzene rings is 2. The first kappa shape index (κ1) is 20.6. The number of nitrogens with zero attached hydrogens (tertiary/aromatic N) is 2. The highest BCUT2D eigenvalue weighted by Gasteiger charge is 2.15. The number of nitro groups is 1. The van der Waals surface area contributed by atoms with Gasteiger partial charge in [0.2, 0.25) is 0 Å². The number of anilines is 1. The lowest BCUT2D eigenvalue weighted by Crippen LogP contribution is -2.38. The Bertz CT molecular complexity index is 868. The molecule has 0 unspecified atom stereocenters. The fourth-order valence-corrected chi connectivity index (χ4v) is 2.99. The van der Waals surface area contributed by atoms with Gasteiger partial charge in [-0.15, -0.1) is 0 Å². The molecule has 0 saturated carbocycles. The average Bonchev–Trinajstić information content (AvgIpc) is 2.73. The molecule has 0 bridgehead atoms. The van der Waals surface area contributed by atoms with Crippen LogP contribution in [0.5, 0.6) is 5.75 Å². The van der Waals surface area contributed by atoms with Crippen molar-refractivity contribution in [2.45, 2.75) is 6.54 Å². The van der Waals surface area contributed by atoms with E-state index in [0.717, 1.165) is 44.2 Å². The summed E-state index contributed by atoms with van der Waals surface area (Å²) in [5, 5.41) is 13.7. The number of carbonyl (C=O) groups excluding carboxylic acids is 1. The van der Waals surface area contributed by atoms with Crippen molar-refractivity contribution in [2.75, 3.05) is 45.2 Å². The SMILES string of the molecule is Nc1ccc(C(=O)NCc2cccc(OCCN3CCOCC3)c2)cc1[N+](=O)[O-]. The van der Waals surface area contributed by atoms with Crippen LogP contribution in [0.4, 0.5) is 11.4 Å². The lowest BCUT2D eigenvalue weighted by atomic mass is 10.1. The summed E-state index contributed by atoms with van der Waals surface area (Å²) in [6.45, 7) is 5.03. The van der Waals surface area contributed by atoms with Gasteiger partial charge in [-0.3, -0.25) is 19.8 Å². The van der Waals surface area contributed by atoms with Crippen molar-refractivity contribution in [2.24, 2.45) is 0 Å². The van der Waals surface area contributed by atoms with Gasteiger partial charge in [0, 0.05) is 37.8 Å². The number of nitrogens with two attached hydrogens (primary N) is 1. The minimum Gasteiger partial charge on any atom is -0.492 e. The zero-order chi connectivity index (χ0) is 20.6. The molecule has 0 aliphatic carbocycles. The number of nitro benzene ring substituents is 1. The maximum Gasteiger partial charge on any atom is 0.292 e. The van der Waals surface area contributed by atoms with Gasteiger partial charge >= 0.3 is 0 Å². The Hall–Kier alpha value is -3.17. The lowest BCUT2D eigenvalue weighted by Gasteiger charge is -2.26. The molecule has 0 spiro atoms. The van der Waals surface area contributed by atoms with E-state index in [0.29, 0.717) is 6.61 Å². The number of carbonyl (C=O) groups is 1. The van der Waals surface area contributed by atoms with Crippen molar-refractivity contribution in [3.05, 3.63) is 63.7 Å². The molecule has 1 amide bonds. The number of hydrogen-bond acceptors (Lipinski definition) is 7. The molecule has 3 N–H and O–H groups in total. The summed E-state index contributed by atoms with van der Waals surface area (Å²) in [7, 11) is 0. The maximum atomic E-state index is 12.3. The molecule has 9 nitrogen and oxygen atoms in total. The molecule has 154 valence electrons. The van der Waals surface area contributed by atoms with Crippen molar-refractivity contribution < 1.29 is 19.2 Å². The summed E-state index contributed by atoms with van der Waals surface area (Å²) in [6, 6.07) is 11.5. The second kappa shape index (κ2) is 9.85. The molecule has 1 saturated heterocycles. The Labute approximate surface area is 168 Å². The lowest BCUT2D eigenvalue weighted by molar-refractivity contribution is -0.383. The molecule has 29 heavy (non-hydrogen) atoms. The smallest absolute Gasteiger partial charge is 0.292 e. The third-order valence-electron chi connectivity index (χ3n) is 4.62. The summed E-state index contributed by atoms with van der Waals surface area (Å²) in [5.41, 5.74) is 6.35. The van der Waals surface area contributed by atoms with E-state index in [-0.39, 0.29) is 23.5 Å². The number of morpholine rings is 1. The van der Waals surface area contributed by atoms with Gasteiger partial charge in [0.05, 0.1) is 18.1 Å². The van der Waals surface area contributed by atoms with E-state index in [9.17, 15) is 14.9 Å². The monoisotopic (exact) mass is 400 g/mol. The Morgan fingerprint density at radius 3 is 2.79 bits per heavy atom. The first-order chi connectivity index (χ1) is 14.0. The van der Waals surface area contributed by atoms with Crippen LogP contribution in [0.25, 0.3) is 0 Å². The minimum atomic E-state index is -0.607. The number of amides is 1. The summed E-state index contributed by atoms with van der Waals surface area (Å²) in [5.74, 6) is 0.319. The van der Waals surface area contributed by atoms with Crippen LogP contribution in [0.2, 0.25) is 0 Å². The number of rotatable bonds is 8. The van der Waals surface area contributed by atoms with Crippen LogP contribution in [-0.4, -0.2) is 55.2 Å². The van der Waals surface area contributed by atoms with Gasteiger partial charge in [-0.2, -0.15) is 0 Å². The van der Waals surface area contributed by atoms with Crippen LogP contribution in [-0.2, 0) is 11.3 Å². The zero-order valence-corrected chi connectivity index (χ0v) is 16.0. The van der Waals surface area contributed by atoms with Crippen molar-refractivity contribution in [1.29, 1.82) is 0 Å². The largest absolute Gasteiger partial charge is 0.492 e. The molecule has 2 aromatic carbocycles. The molecule has 1 aliphatic rings. The predicted molar refractivity (Wildman–Crippen MR) is 108 cm³/mol. The van der Waals surface area contributed by atoms with E-state index in [2.05, 4.69) is 10.2 Å². The van der Waals surface area contributed by atoms with Gasteiger partial charge in [-0.05, 0) is 29.8 Å². The van der Waals surface area contributed by atoms with Crippen molar-refractivity contribution in [3.63, 3.8) is 0 Å². The first-order valence-corrected chi connectivity index (χ1v) is 9.37. The molecule has 0 atom stereocenters. The fourth-order valence-electron chi connectivity index (χ4n) is 2.99. The van der Waals surface area contributed by atoms with E-state index in [1.54, 1.807) is 0 Å². The number of ether oxygens (including phenoxy) is 2. The molecule has 1 fully saturated rings. The Morgan fingerprint density at radius 1 is 1.24 bits per heavy atom. The Balaban J connectivity index is 1.51. The first-order valence-electron chi connectivity index (χ1n) is 9.37. The highest BCUT2D eigenvalue weighted by molar-refractivity contribution is 5.95. The van der Waals surface area contributed by atoms with Crippen LogP contribution in [0.15, 0.2) is 42.5 Å². The second-order valence-electron chi connectivity index (χ2n) is 6.66. The van der Waals surface area contributed by atoms with Gasteiger partial charge < -0.3 is 20.5 Å². The Kier molecular flexibility index (Phi) is 6.99. The van der Waals surface area contributed by atoms with Crippen molar-refractivity contribution in [1.82, 2.24) is 10.2 Å². The third-order valence-corrected chi connectivity index (χ3v) is 4.62. The van der Waals surface area contributed by atoms with E-state index in [4.69, 9.17) is 15.2 Å². The maximum absolute atomic E-state index is 12.3. The molecule has 1 aliphatic heterocycles. The van der Waals surface area contributed by atoms with Gasteiger partial charge in [0.1, 0.15) is 18.0 Å². The highest BCUT2D eigenvalue weighted by atomic mass is 16.6. The molecule has 1 heterocycles. The van der Waals surface area contributed by atoms with Gasteiger partial charge in [0.25, 0.3) is 11.6 Å². The number of nitrogen functional groups attached to an aromatic ring is 1.